The quantitative estimate of drug-likeness (QED) is 0.753. The zero-order valence-electron chi connectivity index (χ0n) is 8.14. The Labute approximate surface area is 87.0 Å². The first-order valence-electron chi connectivity index (χ1n) is 4.33. The Kier molecular flexibility index (Phi) is 2.45. The summed E-state index contributed by atoms with van der Waals surface area (Å²) >= 11 is 1.60. The maximum atomic E-state index is 4.13. The minimum absolute atomic E-state index is 0.934. The molecule has 1 aromatic carbocycles. The third-order valence-electron chi connectivity index (χ3n) is 1.82. The lowest BCUT2D eigenvalue weighted by Crippen LogP contribution is -2.07. The standard InChI is InChI=1S/C10H11N3S/c1-13(2)10-12-11-9(14-10)8-6-4-3-5-7-8/h3-7H,1-2H3. The first kappa shape index (κ1) is 9.15. The molecule has 0 saturated heterocycles. The molecule has 0 aliphatic carbocycles. The Hall–Kier alpha value is -1.42. The maximum Gasteiger partial charge on any atom is 0.208 e. The van der Waals surface area contributed by atoms with Gasteiger partial charge in [0.2, 0.25) is 5.13 Å². The fourth-order valence-electron chi connectivity index (χ4n) is 1.09. The van der Waals surface area contributed by atoms with E-state index in [0.29, 0.717) is 0 Å². The van der Waals surface area contributed by atoms with Crippen molar-refractivity contribution in [2.75, 3.05) is 19.0 Å². The van der Waals surface area contributed by atoms with Gasteiger partial charge in [0.15, 0.2) is 0 Å². The van der Waals surface area contributed by atoms with Crippen LogP contribution in [0.4, 0.5) is 5.13 Å². The van der Waals surface area contributed by atoms with Crippen LogP contribution in [0.5, 0.6) is 0 Å². The van der Waals surface area contributed by atoms with Gasteiger partial charge < -0.3 is 4.90 Å². The second-order valence-electron chi connectivity index (χ2n) is 3.15. The van der Waals surface area contributed by atoms with E-state index in [0.717, 1.165) is 15.7 Å². The SMILES string of the molecule is CN(C)c1nnc(-c2ccccc2)s1. The topological polar surface area (TPSA) is 29.0 Å². The summed E-state index contributed by atoms with van der Waals surface area (Å²) in [5, 5.41) is 10.1. The molecule has 1 aromatic heterocycles. The van der Waals surface area contributed by atoms with E-state index in [1.807, 2.05) is 49.3 Å². The van der Waals surface area contributed by atoms with Crippen LogP contribution in [-0.4, -0.2) is 24.3 Å². The average molecular weight is 205 g/mol. The highest BCUT2D eigenvalue weighted by Crippen LogP contribution is 2.26. The largest absolute Gasteiger partial charge is 0.353 e. The van der Waals surface area contributed by atoms with Gasteiger partial charge in [0.05, 0.1) is 0 Å². The molecular weight excluding hydrogens is 194 g/mol. The van der Waals surface area contributed by atoms with E-state index >= 15 is 0 Å². The predicted octanol–water partition coefficient (Wildman–Crippen LogP) is 2.27. The number of hydrogen-bond donors (Lipinski definition) is 0. The first-order chi connectivity index (χ1) is 6.77. The smallest absolute Gasteiger partial charge is 0.208 e. The summed E-state index contributed by atoms with van der Waals surface area (Å²) in [5.41, 5.74) is 1.12. The molecule has 2 aromatic rings. The number of hydrogen-bond acceptors (Lipinski definition) is 4. The molecule has 4 heteroatoms. The molecule has 0 amide bonds. The second kappa shape index (κ2) is 3.75. The highest BCUT2D eigenvalue weighted by molar-refractivity contribution is 7.18. The summed E-state index contributed by atoms with van der Waals surface area (Å²) in [6.45, 7) is 0. The number of aromatic nitrogens is 2. The summed E-state index contributed by atoms with van der Waals surface area (Å²) in [6.07, 6.45) is 0. The fraction of sp³-hybridized carbons (Fsp3) is 0.200. The summed E-state index contributed by atoms with van der Waals surface area (Å²) in [6, 6.07) is 10.1. The van der Waals surface area contributed by atoms with Crippen LogP contribution in [-0.2, 0) is 0 Å². The van der Waals surface area contributed by atoms with Crippen molar-refractivity contribution >= 4 is 16.5 Å². The maximum absolute atomic E-state index is 4.13. The van der Waals surface area contributed by atoms with Gasteiger partial charge in [-0.3, -0.25) is 0 Å². The Morgan fingerprint density at radius 1 is 1.07 bits per heavy atom. The van der Waals surface area contributed by atoms with Gasteiger partial charge in [0.1, 0.15) is 5.01 Å². The van der Waals surface area contributed by atoms with Crippen LogP contribution in [0.15, 0.2) is 30.3 Å². The molecule has 0 bridgehead atoms. The minimum atomic E-state index is 0.934. The van der Waals surface area contributed by atoms with Crippen molar-refractivity contribution in [2.24, 2.45) is 0 Å². The third kappa shape index (κ3) is 1.75. The molecule has 0 spiro atoms. The number of anilines is 1. The lowest BCUT2D eigenvalue weighted by molar-refractivity contribution is 1.02. The zero-order valence-corrected chi connectivity index (χ0v) is 8.95. The lowest BCUT2D eigenvalue weighted by Gasteiger charge is -2.03. The molecule has 0 aliphatic heterocycles. The molecule has 0 aliphatic rings. The Bertz CT molecular complexity index is 408. The Morgan fingerprint density at radius 3 is 2.36 bits per heavy atom. The highest BCUT2D eigenvalue weighted by atomic mass is 32.1. The third-order valence-corrected chi connectivity index (χ3v) is 2.96. The van der Waals surface area contributed by atoms with Crippen LogP contribution in [0.3, 0.4) is 0 Å². The minimum Gasteiger partial charge on any atom is -0.353 e. The normalized spacial score (nSPS) is 10.1. The van der Waals surface area contributed by atoms with E-state index < -0.39 is 0 Å². The van der Waals surface area contributed by atoms with E-state index in [1.165, 1.54) is 0 Å². The Balaban J connectivity index is 2.34. The molecule has 0 fully saturated rings. The molecular formula is C10H11N3S. The Morgan fingerprint density at radius 2 is 1.79 bits per heavy atom. The molecule has 14 heavy (non-hydrogen) atoms. The molecule has 0 saturated carbocycles. The van der Waals surface area contributed by atoms with E-state index in [-0.39, 0.29) is 0 Å². The van der Waals surface area contributed by atoms with Gasteiger partial charge in [-0.05, 0) is 0 Å². The van der Waals surface area contributed by atoms with Crippen molar-refractivity contribution in [3.8, 4) is 10.6 Å². The van der Waals surface area contributed by atoms with Gasteiger partial charge in [0.25, 0.3) is 0 Å². The van der Waals surface area contributed by atoms with E-state index in [2.05, 4.69) is 10.2 Å². The lowest BCUT2D eigenvalue weighted by atomic mass is 10.2. The van der Waals surface area contributed by atoms with Gasteiger partial charge in [0, 0.05) is 19.7 Å². The van der Waals surface area contributed by atoms with Gasteiger partial charge in [-0.25, -0.2) is 0 Å². The molecule has 72 valence electrons. The first-order valence-corrected chi connectivity index (χ1v) is 5.15. The van der Waals surface area contributed by atoms with Crippen molar-refractivity contribution in [2.45, 2.75) is 0 Å². The monoisotopic (exact) mass is 205 g/mol. The predicted molar refractivity (Wildman–Crippen MR) is 59.7 cm³/mol. The van der Waals surface area contributed by atoms with Crippen molar-refractivity contribution in [3.05, 3.63) is 30.3 Å². The van der Waals surface area contributed by atoms with E-state index in [9.17, 15) is 0 Å². The van der Waals surface area contributed by atoms with Crippen molar-refractivity contribution < 1.29 is 0 Å². The van der Waals surface area contributed by atoms with Crippen LogP contribution in [0, 0.1) is 0 Å². The molecule has 0 atom stereocenters. The highest BCUT2D eigenvalue weighted by Gasteiger charge is 2.06. The van der Waals surface area contributed by atoms with E-state index in [1.54, 1.807) is 11.3 Å². The van der Waals surface area contributed by atoms with E-state index in [4.69, 9.17) is 0 Å². The molecule has 0 unspecified atom stereocenters. The molecule has 0 N–H and O–H groups in total. The van der Waals surface area contributed by atoms with Crippen LogP contribution < -0.4 is 4.90 Å². The van der Waals surface area contributed by atoms with Gasteiger partial charge >= 0.3 is 0 Å². The van der Waals surface area contributed by atoms with Crippen molar-refractivity contribution in [1.82, 2.24) is 10.2 Å². The molecule has 3 nitrogen and oxygen atoms in total. The number of rotatable bonds is 2. The zero-order chi connectivity index (χ0) is 9.97. The summed E-state index contributed by atoms with van der Waals surface area (Å²) in [7, 11) is 3.94. The molecule has 1 heterocycles. The number of benzene rings is 1. The van der Waals surface area contributed by atoms with Gasteiger partial charge in [-0.2, -0.15) is 0 Å². The van der Waals surface area contributed by atoms with Crippen LogP contribution in [0.1, 0.15) is 0 Å². The van der Waals surface area contributed by atoms with Crippen molar-refractivity contribution in [1.29, 1.82) is 0 Å². The van der Waals surface area contributed by atoms with Gasteiger partial charge in [-0.1, -0.05) is 41.7 Å². The summed E-state index contributed by atoms with van der Waals surface area (Å²) in [4.78, 5) is 1.96. The second-order valence-corrected chi connectivity index (χ2v) is 4.11. The molecule has 0 radical (unpaired) electrons. The van der Waals surface area contributed by atoms with Crippen molar-refractivity contribution in [3.63, 3.8) is 0 Å². The fourth-order valence-corrected chi connectivity index (χ4v) is 1.87. The van der Waals surface area contributed by atoms with Crippen LogP contribution in [0.2, 0.25) is 0 Å². The number of nitrogens with zero attached hydrogens (tertiary/aromatic N) is 3. The molecule has 2 rings (SSSR count). The summed E-state index contributed by atoms with van der Waals surface area (Å²) < 4.78 is 0. The van der Waals surface area contributed by atoms with Crippen LogP contribution >= 0.6 is 11.3 Å². The average Bonchev–Trinajstić information content (AvgIpc) is 2.68. The van der Waals surface area contributed by atoms with Gasteiger partial charge in [-0.15, -0.1) is 10.2 Å². The van der Waals surface area contributed by atoms with Crippen LogP contribution in [0.25, 0.3) is 10.6 Å². The summed E-state index contributed by atoms with van der Waals surface area (Å²) in [5.74, 6) is 0.